The van der Waals surface area contributed by atoms with E-state index >= 15 is 0 Å². The van der Waals surface area contributed by atoms with Crippen LogP contribution in [0.5, 0.6) is 5.75 Å². The van der Waals surface area contributed by atoms with Crippen LogP contribution in [-0.2, 0) is 13.0 Å². The first-order valence-corrected chi connectivity index (χ1v) is 10.1. The van der Waals surface area contributed by atoms with Crippen molar-refractivity contribution < 1.29 is 18.3 Å². The number of amides is 1. The summed E-state index contributed by atoms with van der Waals surface area (Å²) in [6.45, 7) is 4.04. The van der Waals surface area contributed by atoms with E-state index in [4.69, 9.17) is 9.15 Å². The van der Waals surface area contributed by atoms with Gasteiger partial charge in [-0.3, -0.25) is 4.79 Å². The fraction of sp³-hybridized carbons (Fsp3) is 0.0769. The Hall–Kier alpha value is -4.19. The predicted octanol–water partition coefficient (Wildman–Crippen LogP) is 5.64. The van der Waals surface area contributed by atoms with Crippen molar-refractivity contribution in [1.82, 2.24) is 5.43 Å². The smallest absolute Gasteiger partial charge is 0.307 e. The molecule has 0 aliphatic carbocycles. The molecule has 4 aromatic rings. The minimum absolute atomic E-state index is 0.191. The summed E-state index contributed by atoms with van der Waals surface area (Å²) in [7, 11) is 0. The molecule has 0 fully saturated rings. The van der Waals surface area contributed by atoms with Gasteiger partial charge in [0.05, 0.1) is 6.21 Å². The summed E-state index contributed by atoms with van der Waals surface area (Å²) in [4.78, 5) is 12.3. The van der Waals surface area contributed by atoms with Gasteiger partial charge in [0.1, 0.15) is 23.8 Å². The zero-order chi connectivity index (χ0) is 22.3. The number of carbonyl (C=O) groups excluding carboxylic acids is 1. The van der Waals surface area contributed by atoms with Crippen LogP contribution in [0.2, 0.25) is 0 Å². The van der Waals surface area contributed by atoms with Gasteiger partial charge in [0.25, 0.3) is 0 Å². The fourth-order valence-corrected chi connectivity index (χ4v) is 3.24. The van der Waals surface area contributed by atoms with Gasteiger partial charge in [0.2, 0.25) is 0 Å². The Morgan fingerprint density at radius 2 is 1.97 bits per heavy atom. The highest BCUT2D eigenvalue weighted by atomic mass is 19.1. The first-order valence-electron chi connectivity index (χ1n) is 10.1. The topological polar surface area (TPSA) is 63.8 Å². The second-order valence-corrected chi connectivity index (χ2v) is 7.13. The molecule has 1 amide bonds. The molecule has 0 saturated heterocycles. The zero-order valence-electron chi connectivity index (χ0n) is 17.3. The molecule has 0 unspecified atom stereocenters. The fourth-order valence-electron chi connectivity index (χ4n) is 3.24. The van der Waals surface area contributed by atoms with E-state index < -0.39 is 5.91 Å². The molecule has 1 aromatic heterocycles. The number of nitrogens with one attached hydrogen (secondary N) is 1. The standard InChI is InChI=1S/C26H21FN2O3/c1-2-6-20-13-18(11-12-23(20)31-17-19-7-5-9-22(27)14-19)16-28-29-26(30)25-15-21-8-3-4-10-24(21)32-25/h2-5,7-16H,1,6,17H2,(H,29,30)/b28-16+. The van der Waals surface area contributed by atoms with Crippen LogP contribution < -0.4 is 10.2 Å². The van der Waals surface area contributed by atoms with E-state index in [0.717, 1.165) is 22.1 Å². The predicted molar refractivity (Wildman–Crippen MR) is 122 cm³/mol. The summed E-state index contributed by atoms with van der Waals surface area (Å²) in [5.74, 6) is 0.141. The molecular weight excluding hydrogens is 407 g/mol. The number of rotatable bonds is 8. The minimum Gasteiger partial charge on any atom is -0.489 e. The van der Waals surface area contributed by atoms with Crippen LogP contribution in [0.15, 0.2) is 95.0 Å². The maximum absolute atomic E-state index is 13.4. The number of nitrogens with zero attached hydrogens (tertiary/aromatic N) is 1. The van der Waals surface area contributed by atoms with Crippen molar-refractivity contribution in [3.8, 4) is 5.75 Å². The molecule has 6 heteroatoms. The highest BCUT2D eigenvalue weighted by Gasteiger charge is 2.11. The number of hydrogen-bond acceptors (Lipinski definition) is 4. The maximum atomic E-state index is 13.4. The zero-order valence-corrected chi connectivity index (χ0v) is 17.3. The Kier molecular flexibility index (Phi) is 6.41. The first-order chi connectivity index (χ1) is 15.6. The van der Waals surface area contributed by atoms with Gasteiger partial charge >= 0.3 is 5.91 Å². The molecule has 0 atom stereocenters. The van der Waals surface area contributed by atoms with Crippen molar-refractivity contribution in [3.63, 3.8) is 0 Å². The molecule has 1 heterocycles. The highest BCUT2D eigenvalue weighted by Crippen LogP contribution is 2.22. The van der Waals surface area contributed by atoms with Crippen LogP contribution in [0.25, 0.3) is 11.0 Å². The maximum Gasteiger partial charge on any atom is 0.307 e. The normalized spacial score (nSPS) is 11.0. The second kappa shape index (κ2) is 9.75. The third kappa shape index (κ3) is 5.10. The van der Waals surface area contributed by atoms with Gasteiger partial charge in [-0.2, -0.15) is 5.10 Å². The van der Waals surface area contributed by atoms with Crippen LogP contribution in [0, 0.1) is 5.82 Å². The van der Waals surface area contributed by atoms with E-state index in [-0.39, 0.29) is 18.2 Å². The highest BCUT2D eigenvalue weighted by molar-refractivity contribution is 5.96. The third-order valence-corrected chi connectivity index (χ3v) is 4.76. The summed E-state index contributed by atoms with van der Waals surface area (Å²) in [5, 5.41) is 4.88. The number of benzene rings is 3. The number of carbonyl (C=O) groups is 1. The quantitative estimate of drug-likeness (QED) is 0.224. The summed E-state index contributed by atoms with van der Waals surface area (Å²) in [6.07, 6.45) is 3.91. The Morgan fingerprint density at radius 1 is 1.09 bits per heavy atom. The van der Waals surface area contributed by atoms with Crippen molar-refractivity contribution >= 4 is 23.1 Å². The van der Waals surface area contributed by atoms with Crippen LogP contribution in [0.3, 0.4) is 0 Å². The lowest BCUT2D eigenvalue weighted by atomic mass is 10.1. The van der Waals surface area contributed by atoms with E-state index in [2.05, 4.69) is 17.1 Å². The number of ether oxygens (including phenoxy) is 1. The molecule has 0 bridgehead atoms. The number of allylic oxidation sites excluding steroid dienone is 1. The van der Waals surface area contributed by atoms with Crippen molar-refractivity contribution in [2.45, 2.75) is 13.0 Å². The lowest BCUT2D eigenvalue weighted by Crippen LogP contribution is -2.16. The van der Waals surface area contributed by atoms with Gasteiger partial charge in [-0.05, 0) is 65.6 Å². The summed E-state index contributed by atoms with van der Waals surface area (Å²) in [5.41, 5.74) is 5.55. The lowest BCUT2D eigenvalue weighted by Gasteiger charge is -2.11. The molecule has 0 saturated carbocycles. The SMILES string of the molecule is C=CCc1cc(/C=N/NC(=O)c2cc3ccccc3o2)ccc1OCc1cccc(F)c1. The van der Waals surface area contributed by atoms with Crippen molar-refractivity contribution in [3.05, 3.63) is 114 Å². The Balaban J connectivity index is 1.42. The molecule has 1 N–H and O–H groups in total. The number of hydrogen-bond donors (Lipinski definition) is 1. The first kappa shape index (κ1) is 21.1. The largest absolute Gasteiger partial charge is 0.489 e. The molecular formula is C26H21FN2O3. The number of furan rings is 1. The Labute approximate surface area is 184 Å². The molecule has 0 aliphatic rings. The van der Waals surface area contributed by atoms with Crippen LogP contribution in [0.1, 0.15) is 27.2 Å². The molecule has 32 heavy (non-hydrogen) atoms. The van der Waals surface area contributed by atoms with Gasteiger partial charge in [0, 0.05) is 5.39 Å². The van der Waals surface area contributed by atoms with Gasteiger partial charge < -0.3 is 9.15 Å². The van der Waals surface area contributed by atoms with Gasteiger partial charge in [-0.15, -0.1) is 6.58 Å². The van der Waals surface area contributed by atoms with E-state index in [1.807, 2.05) is 42.5 Å². The Bertz CT molecular complexity index is 1260. The number of halogens is 1. The number of fused-ring (bicyclic) bond motifs is 1. The molecule has 5 nitrogen and oxygen atoms in total. The third-order valence-electron chi connectivity index (χ3n) is 4.76. The molecule has 4 rings (SSSR count). The van der Waals surface area contributed by atoms with E-state index in [1.165, 1.54) is 12.1 Å². The van der Waals surface area contributed by atoms with Gasteiger partial charge in [-0.25, -0.2) is 9.82 Å². The molecule has 0 spiro atoms. The van der Waals surface area contributed by atoms with Crippen molar-refractivity contribution in [1.29, 1.82) is 0 Å². The molecule has 3 aromatic carbocycles. The average molecular weight is 428 g/mol. The van der Waals surface area contributed by atoms with Crippen LogP contribution in [0.4, 0.5) is 4.39 Å². The second-order valence-electron chi connectivity index (χ2n) is 7.13. The number of para-hydroxylation sites is 1. The summed E-state index contributed by atoms with van der Waals surface area (Å²) >= 11 is 0. The van der Waals surface area contributed by atoms with E-state index in [0.29, 0.717) is 17.8 Å². The molecule has 160 valence electrons. The van der Waals surface area contributed by atoms with E-state index in [1.54, 1.807) is 30.5 Å². The lowest BCUT2D eigenvalue weighted by molar-refractivity contribution is 0.0929. The monoisotopic (exact) mass is 428 g/mol. The van der Waals surface area contributed by atoms with Gasteiger partial charge in [0.15, 0.2) is 5.76 Å². The van der Waals surface area contributed by atoms with Crippen molar-refractivity contribution in [2.24, 2.45) is 5.10 Å². The summed E-state index contributed by atoms with van der Waals surface area (Å²) in [6, 6.07) is 20.9. The van der Waals surface area contributed by atoms with Crippen LogP contribution >= 0.6 is 0 Å². The minimum atomic E-state index is -0.432. The summed E-state index contributed by atoms with van der Waals surface area (Å²) < 4.78 is 24.8. The van der Waals surface area contributed by atoms with Crippen molar-refractivity contribution in [2.75, 3.05) is 0 Å². The van der Waals surface area contributed by atoms with Gasteiger partial charge in [-0.1, -0.05) is 36.4 Å². The number of hydrazone groups is 1. The van der Waals surface area contributed by atoms with E-state index in [9.17, 15) is 9.18 Å². The Morgan fingerprint density at radius 3 is 2.78 bits per heavy atom. The molecule has 0 aliphatic heterocycles. The average Bonchev–Trinajstić information content (AvgIpc) is 3.23. The molecule has 0 radical (unpaired) electrons. The van der Waals surface area contributed by atoms with Crippen LogP contribution in [-0.4, -0.2) is 12.1 Å².